The summed E-state index contributed by atoms with van der Waals surface area (Å²) >= 11 is 3.22. The molecule has 4 aromatic carbocycles. The van der Waals surface area contributed by atoms with Crippen LogP contribution in [-0.2, 0) is 50.5 Å². The summed E-state index contributed by atoms with van der Waals surface area (Å²) in [5.41, 5.74) is 4.88. The van der Waals surface area contributed by atoms with Crippen molar-refractivity contribution in [2.45, 2.75) is 89.7 Å². The van der Waals surface area contributed by atoms with E-state index in [1.807, 2.05) is 39.8 Å². The fraction of sp³-hybridized carbons (Fsp3) is 0.308. The van der Waals surface area contributed by atoms with Crippen LogP contribution in [0.3, 0.4) is 0 Å². The van der Waals surface area contributed by atoms with Gasteiger partial charge in [0, 0.05) is 19.5 Å². The van der Waals surface area contributed by atoms with Crippen molar-refractivity contribution in [3.63, 3.8) is 0 Å². The van der Waals surface area contributed by atoms with Crippen LogP contribution < -0.4 is 5.32 Å². The lowest BCUT2D eigenvalue weighted by Gasteiger charge is -2.19. The molecule has 0 unspecified atom stereocenters. The van der Waals surface area contributed by atoms with Crippen molar-refractivity contribution >= 4 is 46.6 Å². The molecule has 356 valence electrons. The van der Waals surface area contributed by atoms with Crippen molar-refractivity contribution in [2.75, 3.05) is 14.2 Å². The monoisotopic (exact) mass is 974 g/mol. The summed E-state index contributed by atoms with van der Waals surface area (Å²) in [5.74, 6) is -0.980. The molecule has 2 heterocycles. The minimum absolute atomic E-state index is 0.196. The van der Waals surface area contributed by atoms with Crippen LogP contribution in [0.4, 0.5) is 26.3 Å². The van der Waals surface area contributed by atoms with Crippen LogP contribution in [0.2, 0.25) is 0 Å². The number of aliphatic imine (C=N–C) groups is 1. The fourth-order valence-electron chi connectivity index (χ4n) is 7.79. The molecule has 6 aromatic rings. The zero-order chi connectivity index (χ0) is 49.6. The minimum Gasteiger partial charge on any atom is -0.465 e. The molecule has 1 N–H and O–H groups in total. The molecule has 0 radical (unpaired) electrons. The van der Waals surface area contributed by atoms with E-state index >= 15 is 0 Å². The number of methoxy groups -OCH3 is 2. The third-order valence-electron chi connectivity index (χ3n) is 11.9. The average Bonchev–Trinajstić information content (AvgIpc) is 4.22. The Morgan fingerprint density at radius 2 is 1.10 bits per heavy atom. The van der Waals surface area contributed by atoms with Crippen molar-refractivity contribution < 1.29 is 55.0 Å². The molecule has 0 atom stereocenters. The normalized spacial score (nSPS) is 14.2. The molecular weight excluding hydrogens is 927 g/mol. The number of halogens is 6. The summed E-state index contributed by atoms with van der Waals surface area (Å²) in [6.45, 7) is 7.88. The zero-order valence-corrected chi connectivity index (χ0v) is 39.7. The summed E-state index contributed by atoms with van der Waals surface area (Å²) in [6.07, 6.45) is -2.69. The van der Waals surface area contributed by atoms with Gasteiger partial charge in [0.2, 0.25) is 6.08 Å². The van der Waals surface area contributed by atoms with Gasteiger partial charge in [-0.25, -0.2) is 14.4 Å². The van der Waals surface area contributed by atoms with E-state index in [-0.39, 0.29) is 17.4 Å². The molecule has 0 spiro atoms. The lowest BCUT2D eigenvalue weighted by atomic mass is 9.97. The SMILES string of the molecule is COC(=O)c1ccc(C2(N=C=O)CC2)cc1.COC(=O)c1ccc(C2(NC(=O)c3c(C)sc(C)c3Cc3ccc(C(F)(F)F)cc3)CC2)cc1.Cc1cc(Cc2ccc(C(F)(F)F)cc2)c(C)s1. The van der Waals surface area contributed by atoms with Crippen LogP contribution in [0, 0.1) is 27.7 Å². The van der Waals surface area contributed by atoms with Crippen LogP contribution >= 0.6 is 22.7 Å². The van der Waals surface area contributed by atoms with Crippen LogP contribution in [0.15, 0.2) is 108 Å². The Bertz CT molecular complexity index is 2800. The van der Waals surface area contributed by atoms with Gasteiger partial charge in [0.1, 0.15) is 0 Å². The van der Waals surface area contributed by atoms with Crippen LogP contribution in [0.1, 0.15) is 121 Å². The molecule has 0 aliphatic heterocycles. The number of hydrogen-bond donors (Lipinski definition) is 1. The molecule has 2 aliphatic rings. The van der Waals surface area contributed by atoms with Gasteiger partial charge in [-0.3, -0.25) is 4.79 Å². The largest absolute Gasteiger partial charge is 0.465 e. The van der Waals surface area contributed by atoms with Gasteiger partial charge >= 0.3 is 24.3 Å². The Balaban J connectivity index is 0.000000187. The van der Waals surface area contributed by atoms with Crippen LogP contribution in [-0.4, -0.2) is 38.1 Å². The van der Waals surface area contributed by atoms with Gasteiger partial charge in [-0.05, 0) is 154 Å². The molecule has 1 amide bonds. The molecule has 2 saturated carbocycles. The van der Waals surface area contributed by atoms with Crippen molar-refractivity contribution in [2.24, 2.45) is 4.99 Å². The quantitative estimate of drug-likeness (QED) is 0.0599. The van der Waals surface area contributed by atoms with Crippen molar-refractivity contribution in [1.29, 1.82) is 0 Å². The Morgan fingerprint density at radius 1 is 0.632 bits per heavy atom. The first kappa shape index (κ1) is 51.0. The van der Waals surface area contributed by atoms with Gasteiger partial charge in [-0.1, -0.05) is 48.5 Å². The summed E-state index contributed by atoms with van der Waals surface area (Å²) in [5, 5.41) is 3.17. The highest BCUT2D eigenvalue weighted by Gasteiger charge is 2.47. The number of alkyl halides is 6. The van der Waals surface area contributed by atoms with E-state index < -0.39 is 35.0 Å². The van der Waals surface area contributed by atoms with Crippen molar-refractivity contribution in [3.8, 4) is 0 Å². The van der Waals surface area contributed by atoms with E-state index in [0.717, 1.165) is 82.0 Å². The lowest BCUT2D eigenvalue weighted by molar-refractivity contribution is -0.138. The number of amides is 1. The second-order valence-corrected chi connectivity index (χ2v) is 19.5. The number of thiophene rings is 2. The first-order valence-electron chi connectivity index (χ1n) is 21.4. The second kappa shape index (κ2) is 20.9. The highest BCUT2D eigenvalue weighted by Crippen LogP contribution is 2.49. The van der Waals surface area contributed by atoms with Gasteiger partial charge in [-0.15, -0.1) is 22.7 Å². The maximum Gasteiger partial charge on any atom is 0.416 e. The number of nitrogens with zero attached hydrogens (tertiary/aromatic N) is 1. The van der Waals surface area contributed by atoms with Gasteiger partial charge in [0.15, 0.2) is 0 Å². The van der Waals surface area contributed by atoms with Crippen molar-refractivity contribution in [1.82, 2.24) is 5.32 Å². The maximum absolute atomic E-state index is 13.4. The third-order valence-corrected chi connectivity index (χ3v) is 14.0. The Hall–Kier alpha value is -6.35. The second-order valence-electron chi connectivity index (χ2n) is 16.7. The van der Waals surface area contributed by atoms with Gasteiger partial charge in [0.25, 0.3) is 5.91 Å². The predicted molar refractivity (Wildman–Crippen MR) is 249 cm³/mol. The number of nitrogens with one attached hydrogen (secondary N) is 1. The predicted octanol–water partition coefficient (Wildman–Crippen LogP) is 13.0. The number of carbonyl (C=O) groups excluding carboxylic acids is 4. The zero-order valence-electron chi connectivity index (χ0n) is 38.0. The molecule has 68 heavy (non-hydrogen) atoms. The third kappa shape index (κ3) is 12.4. The molecule has 8 rings (SSSR count). The Kier molecular flexibility index (Phi) is 15.7. The molecular formula is C52H48F6N2O6S2. The van der Waals surface area contributed by atoms with E-state index in [9.17, 15) is 45.5 Å². The number of isocyanates is 1. The number of ether oxygens (including phenoxy) is 2. The number of rotatable bonds is 11. The van der Waals surface area contributed by atoms with E-state index in [0.29, 0.717) is 35.1 Å². The number of carbonyl (C=O) groups is 3. The smallest absolute Gasteiger partial charge is 0.416 e. The molecule has 8 nitrogen and oxygen atoms in total. The first-order chi connectivity index (χ1) is 32.1. The standard InChI is InChI=1S/C26H24F3NO3S.C14H13F3S.C12H11NO3/c1-15-21(14-17-4-8-20(9-5-17)26(27,28)29)22(16(2)34-15)23(31)30-25(12-13-25)19-10-6-18(7-11-19)24(32)33-3;1-9-7-12(10(2)18-9)8-11-3-5-13(6-4-11)14(15,16)17;1-16-11(15)9-2-4-10(5-3-9)12(6-7-12)13-8-14/h4-11H,12-14H2,1-3H3,(H,30,31);3-7H,8H2,1-2H3;2-5H,6-7H2,1H3. The maximum atomic E-state index is 13.4. The Morgan fingerprint density at radius 3 is 1.50 bits per heavy atom. The van der Waals surface area contributed by atoms with E-state index in [1.165, 1.54) is 53.0 Å². The Labute approximate surface area is 398 Å². The van der Waals surface area contributed by atoms with E-state index in [2.05, 4.69) is 21.1 Å². The number of aryl methyl sites for hydroxylation is 4. The summed E-state index contributed by atoms with van der Waals surface area (Å²) in [6, 6.07) is 26.5. The van der Waals surface area contributed by atoms with Crippen LogP contribution in [0.5, 0.6) is 0 Å². The van der Waals surface area contributed by atoms with E-state index in [1.54, 1.807) is 65.9 Å². The van der Waals surface area contributed by atoms with Gasteiger partial charge < -0.3 is 14.8 Å². The number of esters is 2. The summed E-state index contributed by atoms with van der Waals surface area (Å²) in [7, 11) is 2.67. The molecule has 0 bridgehead atoms. The number of benzene rings is 4. The highest BCUT2D eigenvalue weighted by molar-refractivity contribution is 7.12. The van der Waals surface area contributed by atoms with Gasteiger partial charge in [-0.2, -0.15) is 31.3 Å². The van der Waals surface area contributed by atoms with E-state index in [4.69, 9.17) is 4.74 Å². The lowest BCUT2D eigenvalue weighted by Crippen LogP contribution is -2.35. The average molecular weight is 975 g/mol. The molecule has 2 aromatic heterocycles. The molecule has 2 aliphatic carbocycles. The van der Waals surface area contributed by atoms with Crippen LogP contribution in [0.25, 0.3) is 0 Å². The fourth-order valence-corrected chi connectivity index (χ4v) is 9.81. The summed E-state index contributed by atoms with van der Waals surface area (Å²) in [4.78, 5) is 54.7. The first-order valence-corrected chi connectivity index (χ1v) is 23.0. The topological polar surface area (TPSA) is 111 Å². The molecule has 0 saturated heterocycles. The highest BCUT2D eigenvalue weighted by atomic mass is 32.1. The van der Waals surface area contributed by atoms with Gasteiger partial charge in [0.05, 0.1) is 53.1 Å². The molecule has 16 heteroatoms. The number of hydrogen-bond acceptors (Lipinski definition) is 9. The molecule has 2 fully saturated rings. The summed E-state index contributed by atoms with van der Waals surface area (Å²) < 4.78 is 85.3. The minimum atomic E-state index is -4.38. The van der Waals surface area contributed by atoms with Crippen molar-refractivity contribution in [3.05, 3.63) is 184 Å².